The average Bonchev–Trinajstić information content (AvgIpc) is 3.10. The maximum Gasteiger partial charge on any atom is 0.0766 e. The molecule has 1 aromatic carbocycles. The van der Waals surface area contributed by atoms with Gasteiger partial charge < -0.3 is 10.6 Å². The Morgan fingerprint density at radius 2 is 2.05 bits per heavy atom. The Kier molecular flexibility index (Phi) is 3.67. The van der Waals surface area contributed by atoms with E-state index in [1.165, 1.54) is 44.5 Å². The first kappa shape index (κ1) is 14.4. The molecule has 0 amide bonds. The zero-order valence-corrected chi connectivity index (χ0v) is 13.1. The predicted octanol–water partition coefficient (Wildman–Crippen LogP) is 3.43. The summed E-state index contributed by atoms with van der Waals surface area (Å²) in [5, 5.41) is 16.4. The average molecular weight is 283 g/mol. The van der Waals surface area contributed by atoms with Crippen molar-refractivity contribution in [3.8, 4) is 6.07 Å². The van der Waals surface area contributed by atoms with Crippen LogP contribution in [-0.4, -0.2) is 19.1 Å². The van der Waals surface area contributed by atoms with E-state index < -0.39 is 5.41 Å². The molecule has 3 heteroatoms. The van der Waals surface area contributed by atoms with Crippen molar-refractivity contribution in [2.45, 2.75) is 51.0 Å². The second-order valence-corrected chi connectivity index (χ2v) is 7.32. The fourth-order valence-corrected chi connectivity index (χ4v) is 3.80. The molecule has 2 unspecified atom stereocenters. The molecule has 3 nitrogen and oxygen atoms in total. The molecule has 1 spiro atoms. The summed E-state index contributed by atoms with van der Waals surface area (Å²) in [6.45, 7) is 6.30. The smallest absolute Gasteiger partial charge is 0.0766 e. The first-order chi connectivity index (χ1) is 10.0. The lowest BCUT2D eigenvalue weighted by Crippen LogP contribution is -2.23. The van der Waals surface area contributed by atoms with Crippen LogP contribution in [0.5, 0.6) is 0 Å². The van der Waals surface area contributed by atoms with Crippen LogP contribution < -0.4 is 10.6 Å². The highest BCUT2D eigenvalue weighted by atomic mass is 15.0. The maximum atomic E-state index is 9.19. The minimum Gasteiger partial charge on any atom is -0.382 e. The van der Waals surface area contributed by atoms with Crippen LogP contribution in [0.15, 0.2) is 24.3 Å². The first-order valence-electron chi connectivity index (χ1n) is 8.02. The molecule has 2 aliphatic rings. The lowest BCUT2D eigenvalue weighted by atomic mass is 9.85. The highest BCUT2D eigenvalue weighted by Gasteiger charge is 2.40. The zero-order valence-electron chi connectivity index (χ0n) is 13.1. The zero-order chi connectivity index (χ0) is 14.9. The molecule has 3 rings (SSSR count). The van der Waals surface area contributed by atoms with Gasteiger partial charge in [-0.15, -0.1) is 0 Å². The third-order valence-electron chi connectivity index (χ3n) is 5.29. The normalized spacial score (nSPS) is 28.7. The summed E-state index contributed by atoms with van der Waals surface area (Å²) in [5.74, 6) is 0. The van der Waals surface area contributed by atoms with Crippen molar-refractivity contribution in [3.05, 3.63) is 29.8 Å². The second-order valence-electron chi connectivity index (χ2n) is 7.32. The molecule has 1 aromatic rings. The largest absolute Gasteiger partial charge is 0.382 e. The van der Waals surface area contributed by atoms with Crippen molar-refractivity contribution in [2.75, 3.05) is 18.4 Å². The van der Waals surface area contributed by atoms with Gasteiger partial charge in [-0.3, -0.25) is 0 Å². The predicted molar refractivity (Wildman–Crippen MR) is 86.3 cm³/mol. The number of benzene rings is 1. The summed E-state index contributed by atoms with van der Waals surface area (Å²) in [6, 6.07) is 11.3. The van der Waals surface area contributed by atoms with Gasteiger partial charge in [0.2, 0.25) is 0 Å². The van der Waals surface area contributed by atoms with Gasteiger partial charge in [-0.25, -0.2) is 0 Å². The van der Waals surface area contributed by atoms with Gasteiger partial charge in [0.15, 0.2) is 0 Å². The van der Waals surface area contributed by atoms with E-state index in [-0.39, 0.29) is 0 Å². The van der Waals surface area contributed by atoms with Gasteiger partial charge in [-0.2, -0.15) is 5.26 Å². The van der Waals surface area contributed by atoms with Crippen LogP contribution in [0.25, 0.3) is 0 Å². The Hall–Kier alpha value is -1.53. The topological polar surface area (TPSA) is 47.9 Å². The standard InChI is InChI=1S/C18H25N3/c1-17(2,12-19)14-3-5-15(6-4-14)21-16-7-8-18(11-16)9-10-20-13-18/h3-6,16,20-21H,7-11,13H2,1-2H3. The van der Waals surface area contributed by atoms with E-state index in [1.54, 1.807) is 0 Å². The van der Waals surface area contributed by atoms with E-state index in [0.717, 1.165) is 5.56 Å². The van der Waals surface area contributed by atoms with Crippen LogP contribution in [0.3, 0.4) is 0 Å². The first-order valence-corrected chi connectivity index (χ1v) is 8.02. The van der Waals surface area contributed by atoms with E-state index in [9.17, 15) is 5.26 Å². The van der Waals surface area contributed by atoms with Crippen molar-refractivity contribution >= 4 is 5.69 Å². The fraction of sp³-hybridized carbons (Fsp3) is 0.611. The number of hydrogen-bond donors (Lipinski definition) is 2. The van der Waals surface area contributed by atoms with Crippen molar-refractivity contribution in [1.29, 1.82) is 5.26 Å². The molecule has 1 aliphatic carbocycles. The van der Waals surface area contributed by atoms with Crippen molar-refractivity contribution in [2.24, 2.45) is 5.41 Å². The lowest BCUT2D eigenvalue weighted by molar-refractivity contribution is 0.333. The van der Waals surface area contributed by atoms with Gasteiger partial charge >= 0.3 is 0 Å². The van der Waals surface area contributed by atoms with Crippen LogP contribution in [0, 0.1) is 16.7 Å². The van der Waals surface area contributed by atoms with Gasteiger partial charge in [0.05, 0.1) is 11.5 Å². The summed E-state index contributed by atoms with van der Waals surface area (Å²) in [7, 11) is 0. The van der Waals surface area contributed by atoms with Crippen molar-refractivity contribution < 1.29 is 0 Å². The van der Waals surface area contributed by atoms with E-state index in [1.807, 2.05) is 13.8 Å². The summed E-state index contributed by atoms with van der Waals surface area (Å²) < 4.78 is 0. The highest BCUT2D eigenvalue weighted by molar-refractivity contribution is 5.48. The molecule has 1 saturated carbocycles. The molecule has 0 radical (unpaired) electrons. The van der Waals surface area contributed by atoms with Gasteiger partial charge in [0, 0.05) is 18.3 Å². The molecule has 1 saturated heterocycles. The van der Waals surface area contributed by atoms with E-state index in [0.29, 0.717) is 11.5 Å². The summed E-state index contributed by atoms with van der Waals surface area (Å²) >= 11 is 0. The van der Waals surface area contributed by atoms with E-state index >= 15 is 0 Å². The SMILES string of the molecule is CC(C)(C#N)c1ccc(NC2CCC3(CCNC3)C2)cc1. The number of nitrogens with zero attached hydrogens (tertiary/aromatic N) is 1. The highest BCUT2D eigenvalue weighted by Crippen LogP contribution is 2.43. The molecule has 2 atom stereocenters. The summed E-state index contributed by atoms with van der Waals surface area (Å²) in [4.78, 5) is 0. The number of rotatable bonds is 3. The number of nitriles is 1. The molecule has 0 bridgehead atoms. The molecule has 0 aromatic heterocycles. The Bertz CT molecular complexity index is 533. The van der Waals surface area contributed by atoms with Crippen LogP contribution in [0.4, 0.5) is 5.69 Å². The molecule has 1 aliphatic heterocycles. The Morgan fingerprint density at radius 1 is 1.29 bits per heavy atom. The van der Waals surface area contributed by atoms with Gasteiger partial charge in [0.1, 0.15) is 0 Å². The molecule has 112 valence electrons. The monoisotopic (exact) mass is 283 g/mol. The lowest BCUT2D eigenvalue weighted by Gasteiger charge is -2.22. The Morgan fingerprint density at radius 3 is 2.67 bits per heavy atom. The number of hydrogen-bond acceptors (Lipinski definition) is 3. The quantitative estimate of drug-likeness (QED) is 0.893. The van der Waals surface area contributed by atoms with Crippen molar-refractivity contribution in [3.63, 3.8) is 0 Å². The van der Waals surface area contributed by atoms with Crippen LogP contribution >= 0.6 is 0 Å². The molecule has 1 heterocycles. The molecule has 21 heavy (non-hydrogen) atoms. The molecule has 2 fully saturated rings. The third-order valence-corrected chi connectivity index (χ3v) is 5.29. The fourth-order valence-electron chi connectivity index (χ4n) is 3.80. The van der Waals surface area contributed by atoms with Gasteiger partial charge in [-0.1, -0.05) is 12.1 Å². The third kappa shape index (κ3) is 2.91. The maximum absolute atomic E-state index is 9.19. The summed E-state index contributed by atoms with van der Waals surface area (Å²) in [6.07, 6.45) is 5.23. The molecular weight excluding hydrogens is 258 g/mol. The second kappa shape index (κ2) is 5.35. The van der Waals surface area contributed by atoms with Gasteiger partial charge in [-0.05, 0) is 69.2 Å². The number of anilines is 1. The minimum absolute atomic E-state index is 0.411. The summed E-state index contributed by atoms with van der Waals surface area (Å²) in [5.41, 5.74) is 2.41. The number of nitrogens with one attached hydrogen (secondary N) is 2. The Labute approximate surface area is 127 Å². The molecule has 2 N–H and O–H groups in total. The van der Waals surface area contributed by atoms with Crippen LogP contribution in [0.1, 0.15) is 45.1 Å². The van der Waals surface area contributed by atoms with Crippen molar-refractivity contribution in [1.82, 2.24) is 5.32 Å². The minimum atomic E-state index is -0.411. The van der Waals surface area contributed by atoms with Gasteiger partial charge in [0.25, 0.3) is 0 Å². The van der Waals surface area contributed by atoms with E-state index in [2.05, 4.69) is 41.0 Å². The Balaban J connectivity index is 1.63. The van der Waals surface area contributed by atoms with Crippen LogP contribution in [0.2, 0.25) is 0 Å². The van der Waals surface area contributed by atoms with Crippen LogP contribution in [-0.2, 0) is 5.41 Å². The van der Waals surface area contributed by atoms with E-state index in [4.69, 9.17) is 0 Å². The molecular formula is C18H25N3.